The molecule has 1 aromatic carbocycles. The number of methoxy groups -OCH3 is 1. The molecule has 5 rings (SSSR count). The molecule has 7 nitrogen and oxygen atoms in total. The smallest absolute Gasteiger partial charge is 0.238 e. The third-order valence-corrected chi connectivity index (χ3v) is 6.22. The standard InChI is InChI=1S/C26H27FN6O/c1-4-18-15-32(16-28-18)22-12-10-19(29-26(22)34-3)11-13-23-30-25-21(9-6-14-33(25)31-23)20-8-5-7-17(2)24(20)27/h5,7-8,10-13,15-16,21H,4,6,9,14H2,1-3H3/b13-11+. The minimum Gasteiger partial charge on any atom is -0.479 e. The Morgan fingerprint density at radius 1 is 1.18 bits per heavy atom. The lowest BCUT2D eigenvalue weighted by Crippen LogP contribution is -2.19. The Kier molecular flexibility index (Phi) is 5.96. The zero-order valence-corrected chi connectivity index (χ0v) is 19.6. The van der Waals surface area contributed by atoms with Crippen molar-refractivity contribution in [1.82, 2.24) is 29.3 Å². The van der Waals surface area contributed by atoms with E-state index in [9.17, 15) is 4.39 Å². The first-order valence-corrected chi connectivity index (χ1v) is 11.5. The zero-order chi connectivity index (χ0) is 23.7. The Balaban J connectivity index is 1.41. The van der Waals surface area contributed by atoms with Gasteiger partial charge in [-0.2, -0.15) is 5.10 Å². The summed E-state index contributed by atoms with van der Waals surface area (Å²) >= 11 is 0. The molecule has 0 radical (unpaired) electrons. The van der Waals surface area contributed by atoms with Crippen LogP contribution in [0.15, 0.2) is 42.9 Å². The van der Waals surface area contributed by atoms with Gasteiger partial charge in [-0.15, -0.1) is 0 Å². The van der Waals surface area contributed by atoms with E-state index < -0.39 is 0 Å². The molecule has 1 aliphatic heterocycles. The second kappa shape index (κ2) is 9.21. The average molecular weight is 459 g/mol. The molecule has 4 aromatic rings. The van der Waals surface area contributed by atoms with Crippen molar-refractivity contribution in [3.8, 4) is 11.6 Å². The fourth-order valence-electron chi connectivity index (χ4n) is 4.40. The van der Waals surface area contributed by atoms with Gasteiger partial charge in [0.15, 0.2) is 5.82 Å². The molecule has 3 aromatic heterocycles. The number of ether oxygens (including phenoxy) is 1. The molecule has 0 N–H and O–H groups in total. The van der Waals surface area contributed by atoms with E-state index in [4.69, 9.17) is 9.72 Å². The van der Waals surface area contributed by atoms with E-state index in [0.717, 1.165) is 48.7 Å². The molecule has 1 atom stereocenters. The van der Waals surface area contributed by atoms with Gasteiger partial charge < -0.3 is 9.30 Å². The normalized spacial score (nSPS) is 15.6. The fraction of sp³-hybridized carbons (Fsp3) is 0.308. The third-order valence-electron chi connectivity index (χ3n) is 6.22. The molecule has 0 fully saturated rings. The summed E-state index contributed by atoms with van der Waals surface area (Å²) < 4.78 is 24.1. The van der Waals surface area contributed by atoms with E-state index in [1.54, 1.807) is 26.4 Å². The van der Waals surface area contributed by atoms with Crippen LogP contribution in [0.2, 0.25) is 0 Å². The van der Waals surface area contributed by atoms with Crippen LogP contribution in [0.5, 0.6) is 5.88 Å². The number of aryl methyl sites for hydroxylation is 3. The van der Waals surface area contributed by atoms with Crippen LogP contribution in [0, 0.1) is 12.7 Å². The van der Waals surface area contributed by atoms with Crippen molar-refractivity contribution >= 4 is 12.2 Å². The highest BCUT2D eigenvalue weighted by Crippen LogP contribution is 2.34. The van der Waals surface area contributed by atoms with Crippen LogP contribution >= 0.6 is 0 Å². The molecule has 0 bridgehead atoms. The molecular weight excluding hydrogens is 431 g/mol. The lowest BCUT2D eigenvalue weighted by atomic mass is 9.90. The van der Waals surface area contributed by atoms with E-state index in [0.29, 0.717) is 22.8 Å². The first kappa shape index (κ1) is 22.0. The average Bonchev–Trinajstić information content (AvgIpc) is 3.51. The number of halogens is 1. The molecule has 174 valence electrons. The number of pyridine rings is 1. The van der Waals surface area contributed by atoms with Gasteiger partial charge >= 0.3 is 0 Å². The van der Waals surface area contributed by atoms with E-state index in [1.165, 1.54) is 0 Å². The first-order valence-electron chi connectivity index (χ1n) is 11.5. The van der Waals surface area contributed by atoms with Gasteiger partial charge in [0.2, 0.25) is 5.88 Å². The summed E-state index contributed by atoms with van der Waals surface area (Å²) in [5.41, 5.74) is 3.90. The summed E-state index contributed by atoms with van der Waals surface area (Å²) in [6.45, 7) is 4.64. The lowest BCUT2D eigenvalue weighted by molar-refractivity contribution is 0.395. The number of nitrogens with zero attached hydrogens (tertiary/aromatic N) is 6. The molecule has 0 spiro atoms. The van der Waals surface area contributed by atoms with E-state index in [-0.39, 0.29) is 11.7 Å². The van der Waals surface area contributed by atoms with E-state index >= 15 is 0 Å². The molecule has 34 heavy (non-hydrogen) atoms. The number of fused-ring (bicyclic) bond motifs is 1. The Hall–Kier alpha value is -3.81. The number of aromatic nitrogens is 6. The fourth-order valence-corrected chi connectivity index (χ4v) is 4.40. The molecule has 0 saturated carbocycles. The quantitative estimate of drug-likeness (QED) is 0.408. The van der Waals surface area contributed by atoms with Crippen molar-refractivity contribution in [2.75, 3.05) is 7.11 Å². The lowest BCUT2D eigenvalue weighted by Gasteiger charge is -2.23. The highest BCUT2D eigenvalue weighted by molar-refractivity contribution is 5.65. The minimum absolute atomic E-state index is 0.0935. The molecule has 8 heteroatoms. The van der Waals surface area contributed by atoms with Gasteiger partial charge in [0.1, 0.15) is 17.3 Å². The monoisotopic (exact) mass is 458 g/mol. The number of benzene rings is 1. The summed E-state index contributed by atoms with van der Waals surface area (Å²) in [6, 6.07) is 9.42. The SMILES string of the molecule is CCc1cn(-c2ccc(/C=C/c3nc4n(n3)CCCC4c3cccc(C)c3F)nc2OC)cn1. The van der Waals surface area contributed by atoms with Crippen molar-refractivity contribution in [2.45, 2.75) is 45.6 Å². The zero-order valence-electron chi connectivity index (χ0n) is 19.6. The predicted molar refractivity (Wildman–Crippen MR) is 128 cm³/mol. The summed E-state index contributed by atoms with van der Waals surface area (Å²) in [7, 11) is 1.60. The van der Waals surface area contributed by atoms with Gasteiger partial charge in [0.25, 0.3) is 0 Å². The number of hydrogen-bond donors (Lipinski definition) is 0. The van der Waals surface area contributed by atoms with Crippen LogP contribution in [0.4, 0.5) is 4.39 Å². The van der Waals surface area contributed by atoms with Crippen molar-refractivity contribution in [2.24, 2.45) is 0 Å². The molecule has 0 amide bonds. The molecule has 0 saturated heterocycles. The van der Waals surface area contributed by atoms with Crippen LogP contribution in [0.1, 0.15) is 59.8 Å². The largest absolute Gasteiger partial charge is 0.479 e. The number of rotatable bonds is 6. The summed E-state index contributed by atoms with van der Waals surface area (Å²) in [4.78, 5) is 13.7. The number of imidazole rings is 1. The molecule has 0 aliphatic carbocycles. The maximum absolute atomic E-state index is 14.8. The Morgan fingerprint density at radius 3 is 2.85 bits per heavy atom. The Morgan fingerprint density at radius 2 is 2.06 bits per heavy atom. The van der Waals surface area contributed by atoms with E-state index in [1.807, 2.05) is 51.9 Å². The van der Waals surface area contributed by atoms with Gasteiger partial charge in [-0.1, -0.05) is 25.1 Å². The third kappa shape index (κ3) is 4.11. The maximum atomic E-state index is 14.8. The van der Waals surface area contributed by atoms with Crippen LogP contribution in [-0.4, -0.2) is 36.4 Å². The predicted octanol–water partition coefficient (Wildman–Crippen LogP) is 4.97. The van der Waals surface area contributed by atoms with Gasteiger partial charge in [-0.05, 0) is 61.6 Å². The van der Waals surface area contributed by atoms with Gasteiger partial charge in [-0.25, -0.2) is 24.0 Å². The van der Waals surface area contributed by atoms with Crippen LogP contribution < -0.4 is 4.74 Å². The van der Waals surface area contributed by atoms with Crippen molar-refractivity contribution in [3.63, 3.8) is 0 Å². The summed E-state index contributed by atoms with van der Waals surface area (Å²) in [5.74, 6) is 1.66. The van der Waals surface area contributed by atoms with Crippen LogP contribution in [0.3, 0.4) is 0 Å². The van der Waals surface area contributed by atoms with Crippen molar-refractivity contribution in [1.29, 1.82) is 0 Å². The molecule has 1 aliphatic rings. The van der Waals surface area contributed by atoms with Crippen molar-refractivity contribution in [3.05, 3.63) is 82.8 Å². The van der Waals surface area contributed by atoms with Crippen LogP contribution in [0.25, 0.3) is 17.8 Å². The molecule has 1 unspecified atom stereocenters. The highest BCUT2D eigenvalue weighted by atomic mass is 19.1. The van der Waals surface area contributed by atoms with Gasteiger partial charge in [0.05, 0.1) is 24.8 Å². The Bertz CT molecular complexity index is 1360. The maximum Gasteiger partial charge on any atom is 0.238 e. The molecular formula is C26H27FN6O. The van der Waals surface area contributed by atoms with Gasteiger partial charge in [0, 0.05) is 18.7 Å². The second-order valence-corrected chi connectivity index (χ2v) is 8.45. The van der Waals surface area contributed by atoms with E-state index in [2.05, 4.69) is 22.0 Å². The van der Waals surface area contributed by atoms with Crippen molar-refractivity contribution < 1.29 is 9.13 Å². The first-order chi connectivity index (χ1) is 16.6. The topological polar surface area (TPSA) is 70.7 Å². The highest BCUT2D eigenvalue weighted by Gasteiger charge is 2.27. The summed E-state index contributed by atoms with van der Waals surface area (Å²) in [5, 5.41) is 4.64. The van der Waals surface area contributed by atoms with Crippen LogP contribution in [-0.2, 0) is 13.0 Å². The minimum atomic E-state index is -0.152. The summed E-state index contributed by atoms with van der Waals surface area (Å²) in [6.07, 6.45) is 10.1. The number of hydrogen-bond acceptors (Lipinski definition) is 5. The Labute approximate surface area is 198 Å². The molecule has 4 heterocycles. The van der Waals surface area contributed by atoms with Gasteiger partial charge in [-0.3, -0.25) is 0 Å². The second-order valence-electron chi connectivity index (χ2n) is 8.45.